The molecule has 3 aromatic rings. The highest BCUT2D eigenvalue weighted by Crippen LogP contribution is 2.41. The zero-order valence-corrected chi connectivity index (χ0v) is 18.2. The van der Waals surface area contributed by atoms with Gasteiger partial charge in [0.25, 0.3) is 5.91 Å². The van der Waals surface area contributed by atoms with E-state index in [1.807, 2.05) is 36.4 Å². The van der Waals surface area contributed by atoms with Crippen LogP contribution < -0.4 is 5.32 Å². The van der Waals surface area contributed by atoms with E-state index in [1.165, 1.54) is 16.0 Å². The molecule has 0 radical (unpaired) electrons. The first-order valence-corrected chi connectivity index (χ1v) is 11.3. The van der Waals surface area contributed by atoms with Gasteiger partial charge in [0.15, 0.2) is 0 Å². The summed E-state index contributed by atoms with van der Waals surface area (Å²) in [5, 5.41) is 3.08. The third kappa shape index (κ3) is 4.49. The molecule has 1 aliphatic heterocycles. The van der Waals surface area contributed by atoms with Crippen molar-refractivity contribution < 1.29 is 4.79 Å². The van der Waals surface area contributed by atoms with Crippen molar-refractivity contribution in [2.24, 2.45) is 4.99 Å². The van der Waals surface area contributed by atoms with Crippen LogP contribution in [0.25, 0.3) is 0 Å². The number of aliphatic imine (C=N–C) groups is 1. The molecule has 3 nitrogen and oxygen atoms in total. The summed E-state index contributed by atoms with van der Waals surface area (Å²) in [7, 11) is 0. The first-order chi connectivity index (χ1) is 14.7. The van der Waals surface area contributed by atoms with Crippen LogP contribution in [0.4, 0.5) is 5.69 Å². The third-order valence-corrected chi connectivity index (χ3v) is 6.46. The Hall–Kier alpha value is -2.85. The molecule has 1 N–H and O–H groups in total. The Balaban J connectivity index is 1.55. The predicted molar refractivity (Wildman–Crippen MR) is 125 cm³/mol. The first kappa shape index (κ1) is 20.4. The maximum Gasteiger partial charge on any atom is 0.251 e. The zero-order valence-electron chi connectivity index (χ0n) is 17.4. The molecule has 1 aliphatic rings. The van der Waals surface area contributed by atoms with Crippen LogP contribution in [-0.2, 0) is 0 Å². The highest BCUT2D eigenvalue weighted by Gasteiger charge is 2.18. The van der Waals surface area contributed by atoms with Crippen LogP contribution in [0.3, 0.4) is 0 Å². The molecule has 0 saturated heterocycles. The minimum absolute atomic E-state index is 0.0559. The fraction of sp³-hybridized carbons (Fsp3) is 0.231. The molecule has 1 heterocycles. The van der Waals surface area contributed by atoms with E-state index in [4.69, 9.17) is 4.99 Å². The van der Waals surface area contributed by atoms with Gasteiger partial charge in [0.1, 0.15) is 0 Å². The fourth-order valence-electron chi connectivity index (χ4n) is 3.63. The Labute approximate surface area is 182 Å². The van der Waals surface area contributed by atoms with Gasteiger partial charge in [-0.15, -0.1) is 0 Å². The maximum absolute atomic E-state index is 12.8. The summed E-state index contributed by atoms with van der Waals surface area (Å²) in [6, 6.07) is 24.5. The SMILES string of the molecule is CCCC1=Nc2cc(C(=O)NCC(C)c3ccccc3)ccc2Sc2ccccc21. The number of nitrogens with zero attached hydrogens (tertiary/aromatic N) is 1. The average Bonchev–Trinajstić information content (AvgIpc) is 2.94. The van der Waals surface area contributed by atoms with Crippen molar-refractivity contribution >= 4 is 29.1 Å². The molecule has 0 saturated carbocycles. The molecule has 0 aliphatic carbocycles. The van der Waals surface area contributed by atoms with E-state index in [0.29, 0.717) is 12.1 Å². The summed E-state index contributed by atoms with van der Waals surface area (Å²) >= 11 is 1.72. The minimum Gasteiger partial charge on any atom is -0.351 e. The molecular formula is C26H26N2OS. The second-order valence-corrected chi connectivity index (χ2v) is 8.69. The lowest BCUT2D eigenvalue weighted by Crippen LogP contribution is -2.27. The van der Waals surface area contributed by atoms with Crippen molar-refractivity contribution in [3.05, 3.63) is 89.5 Å². The minimum atomic E-state index is -0.0559. The number of amides is 1. The van der Waals surface area contributed by atoms with Crippen molar-refractivity contribution in [1.29, 1.82) is 0 Å². The monoisotopic (exact) mass is 414 g/mol. The van der Waals surface area contributed by atoms with Crippen LogP contribution in [0.5, 0.6) is 0 Å². The molecule has 30 heavy (non-hydrogen) atoms. The van der Waals surface area contributed by atoms with Crippen LogP contribution in [0.2, 0.25) is 0 Å². The van der Waals surface area contributed by atoms with Crippen LogP contribution in [0.15, 0.2) is 87.6 Å². The lowest BCUT2D eigenvalue weighted by molar-refractivity contribution is 0.0951. The predicted octanol–water partition coefficient (Wildman–Crippen LogP) is 6.61. The van der Waals surface area contributed by atoms with Crippen molar-refractivity contribution in [2.45, 2.75) is 42.4 Å². The van der Waals surface area contributed by atoms with E-state index in [1.54, 1.807) is 11.8 Å². The Morgan fingerprint density at radius 2 is 1.77 bits per heavy atom. The first-order valence-electron chi connectivity index (χ1n) is 10.5. The number of hydrogen-bond donors (Lipinski definition) is 1. The molecule has 0 fully saturated rings. The second kappa shape index (κ2) is 9.31. The summed E-state index contributed by atoms with van der Waals surface area (Å²) < 4.78 is 0. The van der Waals surface area contributed by atoms with E-state index in [2.05, 4.69) is 55.6 Å². The molecule has 152 valence electrons. The highest BCUT2D eigenvalue weighted by molar-refractivity contribution is 7.99. The number of fused-ring (bicyclic) bond motifs is 2. The van der Waals surface area contributed by atoms with E-state index in [0.717, 1.165) is 29.1 Å². The molecule has 0 spiro atoms. The molecule has 1 amide bonds. The summed E-state index contributed by atoms with van der Waals surface area (Å²) in [5.74, 6) is 0.204. The normalized spacial score (nSPS) is 13.5. The maximum atomic E-state index is 12.8. The van der Waals surface area contributed by atoms with Gasteiger partial charge >= 0.3 is 0 Å². The zero-order chi connectivity index (χ0) is 20.9. The van der Waals surface area contributed by atoms with Gasteiger partial charge in [0.05, 0.1) is 5.69 Å². The van der Waals surface area contributed by atoms with Gasteiger partial charge in [0.2, 0.25) is 0 Å². The molecular weight excluding hydrogens is 388 g/mol. The third-order valence-electron chi connectivity index (χ3n) is 5.32. The molecule has 0 aromatic heterocycles. The molecule has 0 bridgehead atoms. The summed E-state index contributed by atoms with van der Waals surface area (Å²) in [6.07, 6.45) is 1.95. The molecule has 1 atom stereocenters. The Morgan fingerprint density at radius 3 is 2.57 bits per heavy atom. The van der Waals surface area contributed by atoms with Crippen molar-refractivity contribution in [3.8, 4) is 0 Å². The Kier molecular flexibility index (Phi) is 6.34. The number of carbonyl (C=O) groups excluding carboxylic acids is 1. The van der Waals surface area contributed by atoms with E-state index >= 15 is 0 Å². The van der Waals surface area contributed by atoms with Gasteiger partial charge in [-0.05, 0) is 42.2 Å². The summed E-state index contributed by atoms with van der Waals surface area (Å²) in [4.78, 5) is 20.1. The van der Waals surface area contributed by atoms with Gasteiger partial charge < -0.3 is 5.32 Å². The Morgan fingerprint density at radius 1 is 1.00 bits per heavy atom. The average molecular weight is 415 g/mol. The molecule has 1 unspecified atom stereocenters. The van der Waals surface area contributed by atoms with Gasteiger partial charge in [0, 0.05) is 33.2 Å². The van der Waals surface area contributed by atoms with E-state index in [9.17, 15) is 4.79 Å². The van der Waals surface area contributed by atoms with Crippen molar-refractivity contribution in [2.75, 3.05) is 6.54 Å². The summed E-state index contributed by atoms with van der Waals surface area (Å²) in [5.41, 5.74) is 5.05. The number of rotatable bonds is 6. The number of hydrogen-bond acceptors (Lipinski definition) is 3. The molecule has 3 aromatic carbocycles. The lowest BCUT2D eigenvalue weighted by Gasteiger charge is -2.13. The van der Waals surface area contributed by atoms with E-state index in [-0.39, 0.29) is 11.8 Å². The van der Waals surface area contributed by atoms with Crippen molar-refractivity contribution in [3.63, 3.8) is 0 Å². The quantitative estimate of drug-likeness (QED) is 0.493. The van der Waals surface area contributed by atoms with Gasteiger partial charge in [-0.3, -0.25) is 9.79 Å². The van der Waals surface area contributed by atoms with Crippen LogP contribution >= 0.6 is 11.8 Å². The number of benzene rings is 3. The van der Waals surface area contributed by atoms with Crippen LogP contribution in [-0.4, -0.2) is 18.2 Å². The standard InChI is InChI=1S/C26H26N2OS/c1-3-9-22-21-12-7-8-13-24(21)30-25-15-14-20(16-23(25)28-22)26(29)27-17-18(2)19-10-5-4-6-11-19/h4-8,10-16,18H,3,9,17H2,1-2H3,(H,27,29). The van der Waals surface area contributed by atoms with Gasteiger partial charge in [-0.2, -0.15) is 0 Å². The number of carbonyl (C=O) groups is 1. The summed E-state index contributed by atoms with van der Waals surface area (Å²) in [6.45, 7) is 4.90. The lowest BCUT2D eigenvalue weighted by atomic mass is 10.0. The van der Waals surface area contributed by atoms with E-state index < -0.39 is 0 Å². The molecule has 4 rings (SSSR count). The molecule has 4 heteroatoms. The second-order valence-electron chi connectivity index (χ2n) is 7.61. The number of nitrogens with one attached hydrogen (secondary N) is 1. The smallest absolute Gasteiger partial charge is 0.251 e. The topological polar surface area (TPSA) is 41.5 Å². The largest absolute Gasteiger partial charge is 0.351 e. The van der Waals surface area contributed by atoms with Crippen molar-refractivity contribution in [1.82, 2.24) is 5.32 Å². The Bertz CT molecular complexity index is 1080. The van der Waals surface area contributed by atoms with Crippen LogP contribution in [0.1, 0.15) is 54.1 Å². The van der Waals surface area contributed by atoms with Gasteiger partial charge in [-0.1, -0.05) is 80.6 Å². The van der Waals surface area contributed by atoms with Crippen LogP contribution in [0, 0.1) is 0 Å². The van der Waals surface area contributed by atoms with Gasteiger partial charge in [-0.25, -0.2) is 0 Å². The highest BCUT2D eigenvalue weighted by atomic mass is 32.2. The fourth-order valence-corrected chi connectivity index (χ4v) is 4.65.